The lowest BCUT2D eigenvalue weighted by atomic mass is 10.1. The van der Waals surface area contributed by atoms with Gasteiger partial charge in [0.25, 0.3) is 0 Å². The summed E-state index contributed by atoms with van der Waals surface area (Å²) in [7, 11) is 0. The third-order valence-electron chi connectivity index (χ3n) is 3.54. The lowest BCUT2D eigenvalue weighted by Gasteiger charge is -2.25. The maximum atomic E-state index is 13.3. The van der Waals surface area contributed by atoms with Crippen LogP contribution in [-0.2, 0) is 11.2 Å². The van der Waals surface area contributed by atoms with E-state index in [9.17, 15) is 4.39 Å². The molecule has 5 heteroatoms. The highest BCUT2D eigenvalue weighted by Crippen LogP contribution is 2.27. The van der Waals surface area contributed by atoms with Crippen molar-refractivity contribution in [3.63, 3.8) is 0 Å². The molecule has 1 unspecified atom stereocenters. The van der Waals surface area contributed by atoms with E-state index in [1.807, 2.05) is 0 Å². The molecular weight excluding hydrogens is 267 g/mol. The van der Waals surface area contributed by atoms with Gasteiger partial charge in [0.2, 0.25) is 0 Å². The van der Waals surface area contributed by atoms with Gasteiger partial charge >= 0.3 is 0 Å². The van der Waals surface area contributed by atoms with Crippen molar-refractivity contribution >= 4 is 22.6 Å². The quantitative estimate of drug-likeness (QED) is 0.808. The fourth-order valence-electron chi connectivity index (χ4n) is 2.72. The highest BCUT2D eigenvalue weighted by molar-refractivity contribution is 6.17. The second kappa shape index (κ2) is 5.47. The number of rotatable bonds is 3. The second-order valence-corrected chi connectivity index (χ2v) is 5.22. The van der Waals surface area contributed by atoms with E-state index in [-0.39, 0.29) is 11.9 Å². The first kappa shape index (κ1) is 12.9. The number of aryl methyl sites for hydroxylation is 1. The standard InChI is InChI=1S/C14H16ClFN2O/c15-6-5-14-17-12-8-10(16)3-4-13(12)18(14)11-2-1-7-19-9-11/h3-4,8,11H,1-2,5-7,9H2. The normalized spacial score (nSPS) is 20.0. The number of halogens is 2. The van der Waals surface area contributed by atoms with E-state index in [0.717, 1.165) is 30.8 Å². The zero-order valence-electron chi connectivity index (χ0n) is 10.6. The first-order chi connectivity index (χ1) is 9.29. The summed E-state index contributed by atoms with van der Waals surface area (Å²) in [5, 5.41) is 0. The molecule has 1 aliphatic heterocycles. The molecule has 3 rings (SSSR count). The summed E-state index contributed by atoms with van der Waals surface area (Å²) in [5.41, 5.74) is 1.67. The molecule has 0 aliphatic carbocycles. The van der Waals surface area contributed by atoms with Gasteiger partial charge in [-0.3, -0.25) is 0 Å². The molecular formula is C14H16ClFN2O. The summed E-state index contributed by atoms with van der Waals surface area (Å²) in [4.78, 5) is 4.52. The van der Waals surface area contributed by atoms with E-state index in [1.165, 1.54) is 12.1 Å². The van der Waals surface area contributed by atoms with Crippen LogP contribution in [0.25, 0.3) is 11.0 Å². The average molecular weight is 283 g/mol. The molecule has 1 aliphatic rings. The van der Waals surface area contributed by atoms with E-state index in [1.54, 1.807) is 6.07 Å². The van der Waals surface area contributed by atoms with Gasteiger partial charge in [0.15, 0.2) is 0 Å². The minimum atomic E-state index is -0.255. The van der Waals surface area contributed by atoms with E-state index in [2.05, 4.69) is 9.55 Å². The molecule has 1 aromatic carbocycles. The first-order valence-corrected chi connectivity index (χ1v) is 7.13. The van der Waals surface area contributed by atoms with Crippen molar-refractivity contribution in [1.29, 1.82) is 0 Å². The van der Waals surface area contributed by atoms with Crippen LogP contribution in [-0.4, -0.2) is 28.6 Å². The van der Waals surface area contributed by atoms with Crippen LogP contribution in [0.2, 0.25) is 0 Å². The number of hydrogen-bond acceptors (Lipinski definition) is 2. The fourth-order valence-corrected chi connectivity index (χ4v) is 2.89. The lowest BCUT2D eigenvalue weighted by Crippen LogP contribution is -2.23. The Balaban J connectivity index is 2.09. The molecule has 2 heterocycles. The Bertz CT molecular complexity index is 578. The predicted molar refractivity (Wildman–Crippen MR) is 73.2 cm³/mol. The maximum Gasteiger partial charge on any atom is 0.125 e. The van der Waals surface area contributed by atoms with Crippen molar-refractivity contribution in [1.82, 2.24) is 9.55 Å². The molecule has 1 fully saturated rings. The van der Waals surface area contributed by atoms with Crippen LogP contribution in [0.4, 0.5) is 4.39 Å². The zero-order valence-corrected chi connectivity index (χ0v) is 11.4. The van der Waals surface area contributed by atoms with E-state index in [0.29, 0.717) is 24.4 Å². The summed E-state index contributed by atoms with van der Waals surface area (Å²) in [6.07, 6.45) is 2.80. The minimum Gasteiger partial charge on any atom is -0.379 e. The molecule has 1 atom stereocenters. The number of nitrogens with zero attached hydrogens (tertiary/aromatic N) is 2. The van der Waals surface area contributed by atoms with Gasteiger partial charge in [-0.05, 0) is 25.0 Å². The Morgan fingerprint density at radius 2 is 2.37 bits per heavy atom. The zero-order chi connectivity index (χ0) is 13.2. The van der Waals surface area contributed by atoms with Crippen molar-refractivity contribution in [2.24, 2.45) is 0 Å². The second-order valence-electron chi connectivity index (χ2n) is 4.84. The number of hydrogen-bond donors (Lipinski definition) is 0. The summed E-state index contributed by atoms with van der Waals surface area (Å²) in [6.45, 7) is 1.51. The third-order valence-corrected chi connectivity index (χ3v) is 3.73. The van der Waals surface area contributed by atoms with Gasteiger partial charge in [-0.2, -0.15) is 0 Å². The lowest BCUT2D eigenvalue weighted by molar-refractivity contribution is 0.0596. The summed E-state index contributed by atoms with van der Waals surface area (Å²) in [5.74, 6) is 1.18. The molecule has 1 aromatic heterocycles. The van der Waals surface area contributed by atoms with Gasteiger partial charge in [-0.1, -0.05) is 0 Å². The van der Waals surface area contributed by atoms with Crippen LogP contribution < -0.4 is 0 Å². The van der Waals surface area contributed by atoms with Crippen molar-refractivity contribution in [3.8, 4) is 0 Å². The molecule has 0 N–H and O–H groups in total. The Kier molecular flexibility index (Phi) is 3.71. The molecule has 0 saturated carbocycles. The fraction of sp³-hybridized carbons (Fsp3) is 0.500. The van der Waals surface area contributed by atoms with Crippen LogP contribution in [0.15, 0.2) is 18.2 Å². The Morgan fingerprint density at radius 1 is 1.47 bits per heavy atom. The molecule has 3 nitrogen and oxygen atoms in total. The highest BCUT2D eigenvalue weighted by Gasteiger charge is 2.21. The molecule has 1 saturated heterocycles. The molecule has 0 spiro atoms. The van der Waals surface area contributed by atoms with Gasteiger partial charge in [-0.15, -0.1) is 11.6 Å². The van der Waals surface area contributed by atoms with Crippen LogP contribution in [0, 0.1) is 5.82 Å². The van der Waals surface area contributed by atoms with Crippen molar-refractivity contribution in [3.05, 3.63) is 29.8 Å². The van der Waals surface area contributed by atoms with Crippen LogP contribution in [0.3, 0.4) is 0 Å². The monoisotopic (exact) mass is 282 g/mol. The topological polar surface area (TPSA) is 27.1 Å². The molecule has 102 valence electrons. The number of ether oxygens (including phenoxy) is 1. The number of alkyl halides is 1. The smallest absolute Gasteiger partial charge is 0.125 e. The van der Waals surface area contributed by atoms with Gasteiger partial charge in [0, 0.05) is 25.0 Å². The van der Waals surface area contributed by atoms with Gasteiger partial charge in [-0.25, -0.2) is 9.37 Å². The Morgan fingerprint density at radius 3 is 3.11 bits per heavy atom. The van der Waals surface area contributed by atoms with E-state index >= 15 is 0 Å². The van der Waals surface area contributed by atoms with Crippen molar-refractivity contribution < 1.29 is 9.13 Å². The van der Waals surface area contributed by atoms with Gasteiger partial charge in [0.05, 0.1) is 23.7 Å². The van der Waals surface area contributed by atoms with Crippen molar-refractivity contribution in [2.75, 3.05) is 19.1 Å². The van der Waals surface area contributed by atoms with Gasteiger partial charge < -0.3 is 9.30 Å². The Hall–Kier alpha value is -1.13. The molecule has 19 heavy (non-hydrogen) atoms. The molecule has 0 amide bonds. The Labute approximate surface area is 116 Å². The predicted octanol–water partition coefficient (Wildman–Crippen LogP) is 3.31. The molecule has 2 aromatic rings. The maximum absolute atomic E-state index is 13.3. The summed E-state index contributed by atoms with van der Waals surface area (Å²) >= 11 is 5.85. The number of imidazole rings is 1. The van der Waals surface area contributed by atoms with Crippen LogP contribution in [0.5, 0.6) is 0 Å². The first-order valence-electron chi connectivity index (χ1n) is 6.59. The third kappa shape index (κ3) is 2.47. The van der Waals surface area contributed by atoms with Crippen LogP contribution in [0.1, 0.15) is 24.7 Å². The SMILES string of the molecule is Fc1ccc2c(c1)nc(CCCl)n2C1CCCOC1. The minimum absolute atomic E-state index is 0.255. The number of benzene rings is 1. The summed E-state index contributed by atoms with van der Waals surface area (Å²) < 4.78 is 21.0. The highest BCUT2D eigenvalue weighted by atomic mass is 35.5. The van der Waals surface area contributed by atoms with E-state index in [4.69, 9.17) is 16.3 Å². The number of aromatic nitrogens is 2. The van der Waals surface area contributed by atoms with E-state index < -0.39 is 0 Å². The van der Waals surface area contributed by atoms with Crippen LogP contribution >= 0.6 is 11.6 Å². The largest absolute Gasteiger partial charge is 0.379 e. The average Bonchev–Trinajstić information content (AvgIpc) is 2.77. The van der Waals surface area contributed by atoms with Crippen molar-refractivity contribution in [2.45, 2.75) is 25.3 Å². The van der Waals surface area contributed by atoms with Gasteiger partial charge in [0.1, 0.15) is 11.6 Å². The molecule has 0 radical (unpaired) electrons. The molecule has 0 bridgehead atoms. The number of fused-ring (bicyclic) bond motifs is 1. The summed E-state index contributed by atoms with van der Waals surface area (Å²) in [6, 6.07) is 5.04.